The number of rotatable bonds is 3. The van der Waals surface area contributed by atoms with E-state index >= 15 is 0 Å². The minimum absolute atomic E-state index is 0.200. The molecule has 1 saturated carbocycles. The molecule has 17 heavy (non-hydrogen) atoms. The Morgan fingerprint density at radius 3 is 2.65 bits per heavy atom. The Bertz CT molecular complexity index is 392. The first-order chi connectivity index (χ1) is 8.16. The molecule has 0 amide bonds. The lowest BCUT2D eigenvalue weighted by Gasteiger charge is -2.21. The molecule has 2 N–H and O–H groups in total. The second kappa shape index (κ2) is 5.29. The number of nitrogens with two attached hydrogens (primary N) is 1. The van der Waals surface area contributed by atoms with Crippen LogP contribution in [0.1, 0.15) is 32.1 Å². The van der Waals surface area contributed by atoms with Gasteiger partial charge in [0.05, 0.1) is 6.61 Å². The minimum atomic E-state index is -0.854. The highest BCUT2D eigenvalue weighted by atomic mass is 19.1. The van der Waals surface area contributed by atoms with E-state index in [0.29, 0.717) is 18.6 Å². The Labute approximate surface area is 99.0 Å². The molecule has 1 heterocycles. The van der Waals surface area contributed by atoms with Gasteiger partial charge in [-0.3, -0.25) is 0 Å². The van der Waals surface area contributed by atoms with Crippen LogP contribution in [0, 0.1) is 17.6 Å². The Morgan fingerprint density at radius 2 is 1.94 bits per heavy atom. The van der Waals surface area contributed by atoms with E-state index in [-0.39, 0.29) is 11.7 Å². The summed E-state index contributed by atoms with van der Waals surface area (Å²) < 4.78 is 31.5. The smallest absolute Gasteiger partial charge is 0.252 e. The van der Waals surface area contributed by atoms with Gasteiger partial charge in [-0.2, -0.15) is 4.98 Å². The fourth-order valence-corrected chi connectivity index (χ4v) is 2.11. The number of anilines is 1. The molecular weight excluding hydrogens is 226 g/mol. The molecule has 1 fully saturated rings. The summed E-state index contributed by atoms with van der Waals surface area (Å²) in [5.74, 6) is -1.74. The quantitative estimate of drug-likeness (QED) is 0.886. The van der Waals surface area contributed by atoms with E-state index in [0.717, 1.165) is 12.8 Å². The minimum Gasteiger partial charge on any atom is -0.475 e. The summed E-state index contributed by atoms with van der Waals surface area (Å²) in [6.07, 6.45) is 5.83. The number of pyridine rings is 1. The molecule has 2 rings (SSSR count). The van der Waals surface area contributed by atoms with Gasteiger partial charge in [-0.1, -0.05) is 19.3 Å². The highest BCUT2D eigenvalue weighted by molar-refractivity contribution is 5.34. The van der Waals surface area contributed by atoms with Crippen LogP contribution in [-0.4, -0.2) is 11.6 Å². The summed E-state index contributed by atoms with van der Waals surface area (Å²) in [5, 5.41) is 0. The molecule has 1 aliphatic rings. The zero-order valence-corrected chi connectivity index (χ0v) is 9.59. The molecule has 1 aromatic rings. The maximum atomic E-state index is 13.3. The SMILES string of the molecule is Nc1nc(OCC2CCCCC2)c(F)cc1F. The van der Waals surface area contributed by atoms with Crippen molar-refractivity contribution < 1.29 is 13.5 Å². The summed E-state index contributed by atoms with van der Waals surface area (Å²) in [7, 11) is 0. The van der Waals surface area contributed by atoms with Crippen LogP contribution in [0.25, 0.3) is 0 Å². The molecule has 1 aromatic heterocycles. The number of hydrogen-bond donors (Lipinski definition) is 1. The van der Waals surface area contributed by atoms with Crippen molar-refractivity contribution in [3.8, 4) is 5.88 Å². The van der Waals surface area contributed by atoms with Crippen LogP contribution >= 0.6 is 0 Å². The van der Waals surface area contributed by atoms with Crippen molar-refractivity contribution in [1.29, 1.82) is 0 Å². The summed E-state index contributed by atoms with van der Waals surface area (Å²) in [6.45, 7) is 0.426. The average molecular weight is 242 g/mol. The van der Waals surface area contributed by atoms with Crippen molar-refractivity contribution in [3.05, 3.63) is 17.7 Å². The predicted octanol–water partition coefficient (Wildman–Crippen LogP) is 2.90. The molecule has 3 nitrogen and oxygen atoms in total. The van der Waals surface area contributed by atoms with Gasteiger partial charge in [0, 0.05) is 6.07 Å². The molecule has 0 unspecified atom stereocenters. The lowest BCUT2D eigenvalue weighted by molar-refractivity contribution is 0.195. The van der Waals surface area contributed by atoms with Crippen LogP contribution in [0.15, 0.2) is 6.07 Å². The number of hydrogen-bond acceptors (Lipinski definition) is 3. The Kier molecular flexibility index (Phi) is 3.76. The van der Waals surface area contributed by atoms with Gasteiger partial charge in [0.15, 0.2) is 17.5 Å². The second-order valence-electron chi connectivity index (χ2n) is 4.46. The summed E-state index contributed by atoms with van der Waals surface area (Å²) in [6, 6.07) is 0.707. The van der Waals surface area contributed by atoms with Gasteiger partial charge in [0.1, 0.15) is 0 Å². The Hall–Kier alpha value is -1.39. The zero-order chi connectivity index (χ0) is 12.3. The second-order valence-corrected chi connectivity index (χ2v) is 4.46. The highest BCUT2D eigenvalue weighted by Crippen LogP contribution is 2.25. The monoisotopic (exact) mass is 242 g/mol. The number of nitrogen functional groups attached to an aromatic ring is 1. The first-order valence-corrected chi connectivity index (χ1v) is 5.91. The van der Waals surface area contributed by atoms with Crippen molar-refractivity contribution in [2.45, 2.75) is 32.1 Å². The molecule has 0 aliphatic heterocycles. The standard InChI is InChI=1S/C12H16F2N2O/c13-9-6-10(14)12(16-11(9)15)17-7-8-4-2-1-3-5-8/h6,8H,1-5,7H2,(H2,15,16). The van der Waals surface area contributed by atoms with Gasteiger partial charge in [0.25, 0.3) is 5.88 Å². The third kappa shape index (κ3) is 3.05. The molecule has 0 spiro atoms. The summed E-state index contributed by atoms with van der Waals surface area (Å²) in [4.78, 5) is 3.56. The lowest BCUT2D eigenvalue weighted by atomic mass is 9.90. The lowest BCUT2D eigenvalue weighted by Crippen LogP contribution is -2.16. The van der Waals surface area contributed by atoms with E-state index < -0.39 is 11.6 Å². The van der Waals surface area contributed by atoms with Crippen LogP contribution in [0.2, 0.25) is 0 Å². The molecule has 0 bridgehead atoms. The molecular formula is C12H16F2N2O. The fourth-order valence-electron chi connectivity index (χ4n) is 2.11. The van der Waals surface area contributed by atoms with Gasteiger partial charge in [-0.15, -0.1) is 0 Å². The molecule has 0 atom stereocenters. The number of nitrogens with zero attached hydrogens (tertiary/aromatic N) is 1. The average Bonchev–Trinajstić information content (AvgIpc) is 2.33. The molecule has 94 valence electrons. The van der Waals surface area contributed by atoms with E-state index in [9.17, 15) is 8.78 Å². The van der Waals surface area contributed by atoms with Crippen molar-refractivity contribution in [2.24, 2.45) is 5.92 Å². The van der Waals surface area contributed by atoms with E-state index in [4.69, 9.17) is 10.5 Å². The normalized spacial score (nSPS) is 17.1. The third-order valence-corrected chi connectivity index (χ3v) is 3.10. The molecule has 1 aliphatic carbocycles. The Morgan fingerprint density at radius 1 is 1.24 bits per heavy atom. The maximum Gasteiger partial charge on any atom is 0.252 e. The highest BCUT2D eigenvalue weighted by Gasteiger charge is 2.16. The van der Waals surface area contributed by atoms with Gasteiger partial charge in [-0.25, -0.2) is 8.78 Å². The van der Waals surface area contributed by atoms with Crippen LogP contribution in [0.4, 0.5) is 14.6 Å². The van der Waals surface area contributed by atoms with Gasteiger partial charge in [-0.05, 0) is 18.8 Å². The van der Waals surface area contributed by atoms with Crippen molar-refractivity contribution in [3.63, 3.8) is 0 Å². The molecule has 0 aromatic carbocycles. The molecule has 0 saturated heterocycles. The van der Waals surface area contributed by atoms with Crippen LogP contribution in [-0.2, 0) is 0 Å². The summed E-state index contributed by atoms with van der Waals surface area (Å²) >= 11 is 0. The Balaban J connectivity index is 1.96. The van der Waals surface area contributed by atoms with Gasteiger partial charge in [0.2, 0.25) is 0 Å². The van der Waals surface area contributed by atoms with Crippen LogP contribution in [0.5, 0.6) is 5.88 Å². The fraction of sp³-hybridized carbons (Fsp3) is 0.583. The zero-order valence-electron chi connectivity index (χ0n) is 9.59. The van der Waals surface area contributed by atoms with Crippen molar-refractivity contribution in [1.82, 2.24) is 4.98 Å². The molecule has 0 radical (unpaired) electrons. The van der Waals surface area contributed by atoms with E-state index in [1.165, 1.54) is 19.3 Å². The first kappa shape index (κ1) is 12.1. The number of halogens is 2. The number of ether oxygens (including phenoxy) is 1. The van der Waals surface area contributed by atoms with Gasteiger partial charge >= 0.3 is 0 Å². The van der Waals surface area contributed by atoms with Crippen molar-refractivity contribution in [2.75, 3.05) is 12.3 Å². The summed E-state index contributed by atoms with van der Waals surface area (Å²) in [5.41, 5.74) is 5.27. The third-order valence-electron chi connectivity index (χ3n) is 3.10. The molecule has 5 heteroatoms. The first-order valence-electron chi connectivity index (χ1n) is 5.91. The van der Waals surface area contributed by atoms with E-state index in [1.807, 2.05) is 0 Å². The van der Waals surface area contributed by atoms with Crippen LogP contribution < -0.4 is 10.5 Å². The van der Waals surface area contributed by atoms with E-state index in [1.54, 1.807) is 0 Å². The van der Waals surface area contributed by atoms with Crippen LogP contribution in [0.3, 0.4) is 0 Å². The van der Waals surface area contributed by atoms with Crippen molar-refractivity contribution >= 4 is 5.82 Å². The van der Waals surface area contributed by atoms with E-state index in [2.05, 4.69) is 4.98 Å². The van der Waals surface area contributed by atoms with Gasteiger partial charge < -0.3 is 10.5 Å². The predicted molar refractivity (Wildman–Crippen MR) is 60.6 cm³/mol. The number of aromatic nitrogens is 1. The maximum absolute atomic E-state index is 13.3. The topological polar surface area (TPSA) is 48.1 Å². The largest absolute Gasteiger partial charge is 0.475 e.